The Bertz CT molecular complexity index is 223. The Morgan fingerprint density at radius 2 is 1.56 bits per heavy atom. The molecular formula is C14H26N2. The summed E-state index contributed by atoms with van der Waals surface area (Å²) < 4.78 is 0. The number of fused-ring (bicyclic) bond motifs is 2. The van der Waals surface area contributed by atoms with Crippen LogP contribution in [0.15, 0.2) is 0 Å². The quantitative estimate of drug-likeness (QED) is 0.785. The van der Waals surface area contributed by atoms with Crippen LogP contribution >= 0.6 is 0 Å². The Morgan fingerprint density at radius 1 is 0.938 bits per heavy atom. The summed E-state index contributed by atoms with van der Waals surface area (Å²) in [6.07, 6.45) is 10.2. The van der Waals surface area contributed by atoms with Crippen molar-refractivity contribution in [2.45, 2.75) is 57.0 Å². The van der Waals surface area contributed by atoms with Gasteiger partial charge in [-0.05, 0) is 70.5 Å². The van der Waals surface area contributed by atoms with Crippen molar-refractivity contribution in [3.05, 3.63) is 0 Å². The number of nitrogens with one attached hydrogen (secondary N) is 1. The summed E-state index contributed by atoms with van der Waals surface area (Å²) in [6.45, 7) is 2.58. The number of rotatable bonds is 4. The molecule has 0 aromatic carbocycles. The Kier molecular flexibility index (Phi) is 3.21. The summed E-state index contributed by atoms with van der Waals surface area (Å²) >= 11 is 0. The van der Waals surface area contributed by atoms with Gasteiger partial charge in [-0.25, -0.2) is 0 Å². The average Bonchev–Trinajstić information content (AvgIpc) is 2.48. The van der Waals surface area contributed by atoms with Gasteiger partial charge in [-0.3, -0.25) is 0 Å². The molecule has 0 spiro atoms. The van der Waals surface area contributed by atoms with Gasteiger partial charge in [-0.1, -0.05) is 6.42 Å². The van der Waals surface area contributed by atoms with Gasteiger partial charge in [-0.2, -0.15) is 0 Å². The van der Waals surface area contributed by atoms with E-state index in [0.29, 0.717) is 0 Å². The van der Waals surface area contributed by atoms with Gasteiger partial charge in [0, 0.05) is 12.1 Å². The zero-order valence-electron chi connectivity index (χ0n) is 10.6. The average molecular weight is 222 g/mol. The molecule has 2 nitrogen and oxygen atoms in total. The maximum Gasteiger partial charge on any atom is 0.00988 e. The minimum atomic E-state index is 0.911. The molecule has 0 radical (unpaired) electrons. The molecule has 2 aliphatic heterocycles. The molecule has 2 heteroatoms. The third-order valence-corrected chi connectivity index (χ3v) is 5.29. The second-order valence-electron chi connectivity index (χ2n) is 6.34. The predicted octanol–water partition coefficient (Wildman–Crippen LogP) is 2.25. The Balaban J connectivity index is 1.39. The van der Waals surface area contributed by atoms with E-state index in [1.54, 1.807) is 0 Å². The molecule has 3 rings (SSSR count). The minimum absolute atomic E-state index is 0.911. The van der Waals surface area contributed by atoms with E-state index < -0.39 is 0 Å². The molecule has 2 atom stereocenters. The highest BCUT2D eigenvalue weighted by Gasteiger charge is 2.38. The van der Waals surface area contributed by atoms with Crippen LogP contribution in [0.4, 0.5) is 0 Å². The summed E-state index contributed by atoms with van der Waals surface area (Å²) in [5, 5.41) is 3.72. The Morgan fingerprint density at radius 3 is 2.12 bits per heavy atom. The maximum absolute atomic E-state index is 3.72. The van der Waals surface area contributed by atoms with Crippen molar-refractivity contribution in [3.8, 4) is 0 Å². The van der Waals surface area contributed by atoms with Gasteiger partial charge in [0.1, 0.15) is 0 Å². The zero-order chi connectivity index (χ0) is 11.0. The fourth-order valence-electron chi connectivity index (χ4n) is 3.88. The summed E-state index contributed by atoms with van der Waals surface area (Å²) in [6, 6.07) is 1.82. The first kappa shape index (κ1) is 11.0. The van der Waals surface area contributed by atoms with Crippen molar-refractivity contribution in [2.24, 2.45) is 11.8 Å². The predicted molar refractivity (Wildman–Crippen MR) is 67.5 cm³/mol. The Hall–Kier alpha value is -0.0800. The van der Waals surface area contributed by atoms with Crippen LogP contribution in [-0.4, -0.2) is 37.1 Å². The van der Waals surface area contributed by atoms with Gasteiger partial charge in [0.25, 0.3) is 0 Å². The lowest BCUT2D eigenvalue weighted by Gasteiger charge is -2.37. The number of nitrogens with zero attached hydrogens (tertiary/aromatic N) is 1. The molecule has 2 bridgehead atoms. The van der Waals surface area contributed by atoms with Crippen LogP contribution in [0.1, 0.15) is 44.9 Å². The van der Waals surface area contributed by atoms with Gasteiger partial charge in [-0.15, -0.1) is 0 Å². The number of piperidine rings is 1. The largest absolute Gasteiger partial charge is 0.316 e. The molecule has 0 aromatic rings. The third-order valence-electron chi connectivity index (χ3n) is 5.29. The molecule has 2 heterocycles. The van der Waals surface area contributed by atoms with E-state index in [-0.39, 0.29) is 0 Å². The van der Waals surface area contributed by atoms with E-state index in [1.807, 2.05) is 0 Å². The van der Waals surface area contributed by atoms with Crippen LogP contribution in [0.3, 0.4) is 0 Å². The summed E-state index contributed by atoms with van der Waals surface area (Å²) in [5.41, 5.74) is 0. The standard InChI is InChI=1S/C14H26N2/c1-16-13-5-6-14(16)8-12(7-13)10-15-9-11-3-2-4-11/h11-15H,2-10H2,1H3. The second-order valence-corrected chi connectivity index (χ2v) is 6.34. The van der Waals surface area contributed by atoms with Gasteiger partial charge >= 0.3 is 0 Å². The van der Waals surface area contributed by atoms with Crippen molar-refractivity contribution >= 4 is 0 Å². The molecule has 92 valence electrons. The molecule has 2 unspecified atom stereocenters. The van der Waals surface area contributed by atoms with E-state index in [4.69, 9.17) is 0 Å². The molecule has 1 N–H and O–H groups in total. The van der Waals surface area contributed by atoms with Gasteiger partial charge in [0.05, 0.1) is 0 Å². The monoisotopic (exact) mass is 222 g/mol. The first-order valence-electron chi connectivity index (χ1n) is 7.25. The van der Waals surface area contributed by atoms with Gasteiger partial charge in [0.2, 0.25) is 0 Å². The second kappa shape index (κ2) is 4.66. The first-order chi connectivity index (χ1) is 7.83. The van der Waals surface area contributed by atoms with E-state index in [0.717, 1.165) is 23.9 Å². The SMILES string of the molecule is CN1C2CCC1CC(CNCC1CCC1)C2. The Labute approximate surface area is 99.8 Å². The lowest BCUT2D eigenvalue weighted by molar-refractivity contribution is 0.131. The molecule has 16 heavy (non-hydrogen) atoms. The summed E-state index contributed by atoms with van der Waals surface area (Å²) in [5.74, 6) is 1.98. The highest BCUT2D eigenvalue weighted by atomic mass is 15.2. The van der Waals surface area contributed by atoms with E-state index >= 15 is 0 Å². The first-order valence-corrected chi connectivity index (χ1v) is 7.25. The maximum atomic E-state index is 3.72. The van der Waals surface area contributed by atoms with Crippen LogP contribution in [0, 0.1) is 11.8 Å². The highest BCUT2D eigenvalue weighted by Crippen LogP contribution is 2.37. The van der Waals surface area contributed by atoms with Crippen molar-refractivity contribution in [1.82, 2.24) is 10.2 Å². The van der Waals surface area contributed by atoms with Gasteiger partial charge < -0.3 is 10.2 Å². The van der Waals surface area contributed by atoms with Crippen molar-refractivity contribution in [2.75, 3.05) is 20.1 Å². The molecule has 2 saturated heterocycles. The lowest BCUT2D eigenvalue weighted by atomic mass is 9.85. The molecule has 1 saturated carbocycles. The van der Waals surface area contributed by atoms with Crippen molar-refractivity contribution in [1.29, 1.82) is 0 Å². The number of hydrogen-bond donors (Lipinski definition) is 1. The fourth-order valence-corrected chi connectivity index (χ4v) is 3.88. The van der Waals surface area contributed by atoms with E-state index in [9.17, 15) is 0 Å². The van der Waals surface area contributed by atoms with Crippen molar-refractivity contribution in [3.63, 3.8) is 0 Å². The topological polar surface area (TPSA) is 15.3 Å². The molecular weight excluding hydrogens is 196 g/mol. The van der Waals surface area contributed by atoms with Crippen LogP contribution in [0.25, 0.3) is 0 Å². The summed E-state index contributed by atoms with van der Waals surface area (Å²) in [7, 11) is 2.33. The van der Waals surface area contributed by atoms with E-state index in [1.165, 1.54) is 58.0 Å². The van der Waals surface area contributed by atoms with Crippen LogP contribution in [0.2, 0.25) is 0 Å². The normalized spacial score (nSPS) is 39.9. The fraction of sp³-hybridized carbons (Fsp3) is 1.00. The molecule has 0 aromatic heterocycles. The van der Waals surface area contributed by atoms with Crippen LogP contribution in [-0.2, 0) is 0 Å². The van der Waals surface area contributed by atoms with Crippen molar-refractivity contribution < 1.29 is 0 Å². The summed E-state index contributed by atoms with van der Waals surface area (Å²) in [4.78, 5) is 2.64. The highest BCUT2D eigenvalue weighted by molar-refractivity contribution is 4.93. The lowest BCUT2D eigenvalue weighted by Crippen LogP contribution is -2.43. The smallest absolute Gasteiger partial charge is 0.00988 e. The van der Waals surface area contributed by atoms with Gasteiger partial charge in [0.15, 0.2) is 0 Å². The molecule has 1 aliphatic carbocycles. The van der Waals surface area contributed by atoms with Crippen LogP contribution in [0.5, 0.6) is 0 Å². The third kappa shape index (κ3) is 2.14. The zero-order valence-corrected chi connectivity index (χ0v) is 10.6. The minimum Gasteiger partial charge on any atom is -0.316 e. The molecule has 3 aliphatic rings. The molecule has 0 amide bonds. The number of hydrogen-bond acceptors (Lipinski definition) is 2. The van der Waals surface area contributed by atoms with Crippen LogP contribution < -0.4 is 5.32 Å². The van der Waals surface area contributed by atoms with E-state index in [2.05, 4.69) is 17.3 Å². The molecule has 3 fully saturated rings.